The van der Waals surface area contributed by atoms with Crippen molar-refractivity contribution in [2.45, 2.75) is 18.9 Å². The molecule has 1 heterocycles. The molecule has 0 saturated carbocycles. The maximum Gasteiger partial charge on any atom is 0.134 e. The predicted octanol–water partition coefficient (Wildman–Crippen LogP) is 0.107. The summed E-state index contributed by atoms with van der Waals surface area (Å²) in [7, 11) is 6.60. The lowest BCUT2D eigenvalue weighted by Gasteiger charge is -2.35. The molecule has 1 saturated heterocycles. The van der Waals surface area contributed by atoms with Gasteiger partial charge in [0.15, 0.2) is 0 Å². The van der Waals surface area contributed by atoms with E-state index < -0.39 is 0 Å². The molecule has 0 amide bonds. The van der Waals surface area contributed by atoms with E-state index in [0.29, 0.717) is 0 Å². The van der Waals surface area contributed by atoms with E-state index in [4.69, 9.17) is 0 Å². The average Bonchev–Trinajstić information content (AvgIpc) is 1.91. The minimum atomic E-state index is -0.0475. The van der Waals surface area contributed by atoms with Gasteiger partial charge in [0.1, 0.15) is 6.67 Å². The number of nitrogens with zero attached hydrogens (tertiary/aromatic N) is 2. The molecule has 1 aliphatic heterocycles. The molecule has 1 N–H and O–H groups in total. The SMILES string of the molecule is C[N+](C)(C)CN1CCC(O)CC1. The Morgan fingerprint density at radius 1 is 1.25 bits per heavy atom. The Morgan fingerprint density at radius 2 is 1.75 bits per heavy atom. The van der Waals surface area contributed by atoms with Crippen LogP contribution in [0.1, 0.15) is 12.8 Å². The van der Waals surface area contributed by atoms with Crippen LogP contribution in [0.25, 0.3) is 0 Å². The van der Waals surface area contributed by atoms with E-state index >= 15 is 0 Å². The van der Waals surface area contributed by atoms with Gasteiger partial charge in [-0.3, -0.25) is 4.90 Å². The number of aliphatic hydroxyl groups excluding tert-OH is 1. The minimum absolute atomic E-state index is 0.0475. The summed E-state index contributed by atoms with van der Waals surface area (Å²) < 4.78 is 0.982. The van der Waals surface area contributed by atoms with Crippen LogP contribution in [-0.4, -0.2) is 61.5 Å². The summed E-state index contributed by atoms with van der Waals surface area (Å²) in [4.78, 5) is 2.42. The fourth-order valence-corrected chi connectivity index (χ4v) is 1.66. The quantitative estimate of drug-likeness (QED) is 0.599. The number of piperidine rings is 1. The summed E-state index contributed by atoms with van der Waals surface area (Å²) >= 11 is 0. The van der Waals surface area contributed by atoms with Gasteiger partial charge in [-0.1, -0.05) is 0 Å². The number of aliphatic hydroxyl groups is 1. The largest absolute Gasteiger partial charge is 0.393 e. The molecule has 0 aliphatic carbocycles. The molecule has 0 aromatic rings. The summed E-state index contributed by atoms with van der Waals surface area (Å²) in [5.41, 5.74) is 0. The van der Waals surface area contributed by atoms with Gasteiger partial charge in [0, 0.05) is 13.1 Å². The zero-order valence-electron chi connectivity index (χ0n) is 8.45. The van der Waals surface area contributed by atoms with Crippen molar-refractivity contribution in [3.8, 4) is 0 Å². The second kappa shape index (κ2) is 3.73. The molecule has 0 aromatic carbocycles. The summed E-state index contributed by atoms with van der Waals surface area (Å²) in [6.45, 7) is 3.19. The highest BCUT2D eigenvalue weighted by Gasteiger charge is 2.20. The summed E-state index contributed by atoms with van der Waals surface area (Å²) in [6, 6.07) is 0. The summed E-state index contributed by atoms with van der Waals surface area (Å²) in [5, 5.41) is 9.29. The van der Waals surface area contributed by atoms with Crippen LogP contribution in [0.15, 0.2) is 0 Å². The van der Waals surface area contributed by atoms with Gasteiger partial charge >= 0.3 is 0 Å². The topological polar surface area (TPSA) is 23.5 Å². The third-order valence-electron chi connectivity index (χ3n) is 2.18. The molecule has 3 nitrogen and oxygen atoms in total. The third-order valence-corrected chi connectivity index (χ3v) is 2.18. The maximum absolute atomic E-state index is 9.29. The van der Waals surface area contributed by atoms with Gasteiger partial charge in [0.25, 0.3) is 0 Å². The molecule has 0 bridgehead atoms. The van der Waals surface area contributed by atoms with Gasteiger partial charge < -0.3 is 9.59 Å². The van der Waals surface area contributed by atoms with Crippen LogP contribution in [0.3, 0.4) is 0 Å². The van der Waals surface area contributed by atoms with Crippen molar-refractivity contribution in [2.24, 2.45) is 0 Å². The first-order valence-electron chi connectivity index (χ1n) is 4.68. The van der Waals surface area contributed by atoms with Crippen LogP contribution < -0.4 is 0 Å². The molecule has 0 spiro atoms. The molecule has 0 radical (unpaired) electrons. The Kier molecular flexibility index (Phi) is 3.09. The normalized spacial score (nSPS) is 23.0. The molecular weight excluding hydrogens is 152 g/mol. The fraction of sp³-hybridized carbons (Fsp3) is 1.00. The number of hydrogen-bond donors (Lipinski definition) is 1. The summed E-state index contributed by atoms with van der Waals surface area (Å²) in [5.74, 6) is 0. The molecule has 12 heavy (non-hydrogen) atoms. The second-order valence-electron chi connectivity index (χ2n) is 4.78. The van der Waals surface area contributed by atoms with Gasteiger partial charge in [-0.15, -0.1) is 0 Å². The summed E-state index contributed by atoms with van der Waals surface area (Å²) in [6.07, 6.45) is 1.84. The van der Waals surface area contributed by atoms with Crippen molar-refractivity contribution >= 4 is 0 Å². The minimum Gasteiger partial charge on any atom is -0.393 e. The molecule has 3 heteroatoms. The zero-order chi connectivity index (χ0) is 9.19. The van der Waals surface area contributed by atoms with Crippen molar-refractivity contribution in [3.05, 3.63) is 0 Å². The molecule has 0 unspecified atom stereocenters. The Balaban J connectivity index is 2.26. The lowest BCUT2D eigenvalue weighted by molar-refractivity contribution is -0.881. The highest BCUT2D eigenvalue weighted by molar-refractivity contribution is 4.68. The van der Waals surface area contributed by atoms with Crippen LogP contribution in [0.4, 0.5) is 0 Å². The van der Waals surface area contributed by atoms with Crippen LogP contribution >= 0.6 is 0 Å². The maximum atomic E-state index is 9.29. The Hall–Kier alpha value is -0.120. The Morgan fingerprint density at radius 3 is 2.17 bits per heavy atom. The fourth-order valence-electron chi connectivity index (χ4n) is 1.66. The van der Waals surface area contributed by atoms with E-state index in [1.165, 1.54) is 0 Å². The monoisotopic (exact) mass is 173 g/mol. The van der Waals surface area contributed by atoms with E-state index in [0.717, 1.165) is 37.1 Å². The van der Waals surface area contributed by atoms with Crippen molar-refractivity contribution in [2.75, 3.05) is 40.9 Å². The van der Waals surface area contributed by atoms with Crippen LogP contribution in [0.5, 0.6) is 0 Å². The van der Waals surface area contributed by atoms with Crippen molar-refractivity contribution in [3.63, 3.8) is 0 Å². The Bertz CT molecular complexity index is 134. The standard InChI is InChI=1S/C9H21N2O/c1-11(2,3)8-10-6-4-9(12)5-7-10/h9,12H,4-8H2,1-3H3/q+1. The van der Waals surface area contributed by atoms with E-state index in [9.17, 15) is 5.11 Å². The highest BCUT2D eigenvalue weighted by Crippen LogP contribution is 2.10. The van der Waals surface area contributed by atoms with Crippen molar-refractivity contribution < 1.29 is 9.59 Å². The molecule has 1 aliphatic rings. The molecule has 1 rings (SSSR count). The average molecular weight is 173 g/mol. The van der Waals surface area contributed by atoms with E-state index in [2.05, 4.69) is 26.0 Å². The molecule has 72 valence electrons. The van der Waals surface area contributed by atoms with Gasteiger partial charge in [0.2, 0.25) is 0 Å². The predicted molar refractivity (Wildman–Crippen MR) is 49.7 cm³/mol. The lowest BCUT2D eigenvalue weighted by Crippen LogP contribution is -2.48. The van der Waals surface area contributed by atoms with E-state index in [-0.39, 0.29) is 6.10 Å². The zero-order valence-corrected chi connectivity index (χ0v) is 8.45. The van der Waals surface area contributed by atoms with Gasteiger partial charge in [0.05, 0.1) is 27.2 Å². The first-order valence-corrected chi connectivity index (χ1v) is 4.68. The van der Waals surface area contributed by atoms with E-state index in [1.54, 1.807) is 0 Å². The number of quaternary nitrogens is 1. The number of rotatable bonds is 2. The molecular formula is C9H21N2O+. The van der Waals surface area contributed by atoms with Crippen LogP contribution in [-0.2, 0) is 0 Å². The number of hydrogen-bond acceptors (Lipinski definition) is 2. The van der Waals surface area contributed by atoms with Gasteiger partial charge in [-0.25, -0.2) is 0 Å². The van der Waals surface area contributed by atoms with Crippen molar-refractivity contribution in [1.29, 1.82) is 0 Å². The molecule has 1 fully saturated rings. The molecule has 0 atom stereocenters. The third kappa shape index (κ3) is 3.52. The molecule has 0 aromatic heterocycles. The first-order chi connectivity index (χ1) is 5.47. The lowest BCUT2D eigenvalue weighted by atomic mass is 10.1. The second-order valence-corrected chi connectivity index (χ2v) is 4.78. The van der Waals surface area contributed by atoms with Gasteiger partial charge in [-0.2, -0.15) is 0 Å². The highest BCUT2D eigenvalue weighted by atomic mass is 16.3. The van der Waals surface area contributed by atoms with Gasteiger partial charge in [-0.05, 0) is 12.8 Å². The smallest absolute Gasteiger partial charge is 0.134 e. The van der Waals surface area contributed by atoms with Crippen molar-refractivity contribution in [1.82, 2.24) is 4.90 Å². The van der Waals surface area contributed by atoms with E-state index in [1.807, 2.05) is 0 Å². The Labute approximate surface area is 75.2 Å². The van der Waals surface area contributed by atoms with Crippen LogP contribution in [0, 0.1) is 0 Å². The first kappa shape index (κ1) is 9.96. The van der Waals surface area contributed by atoms with Crippen LogP contribution in [0.2, 0.25) is 0 Å². The number of likely N-dealkylation sites (tertiary alicyclic amines) is 1.